The molecule has 1 N–H and O–H groups in total. The van der Waals surface area contributed by atoms with Gasteiger partial charge in [-0.25, -0.2) is 4.79 Å². The molecule has 0 saturated carbocycles. The number of esters is 1. The standard InChI is InChI=1S/C14H17NO4/c1-9(2)19-14(18)11-4-6-12(7-5-11)15-13(17)8-10(3)16/h4-7,9H,8H2,1-3H3,(H,15,17). The number of Topliss-reactive ketones (excluding diaryl/α,β-unsaturated/α-hetero) is 1. The zero-order chi connectivity index (χ0) is 14.4. The van der Waals surface area contributed by atoms with Gasteiger partial charge in [-0.05, 0) is 45.0 Å². The summed E-state index contributed by atoms with van der Waals surface area (Å²) in [7, 11) is 0. The highest BCUT2D eigenvalue weighted by molar-refractivity contribution is 6.03. The third-order valence-electron chi connectivity index (χ3n) is 2.16. The van der Waals surface area contributed by atoms with Gasteiger partial charge < -0.3 is 10.1 Å². The summed E-state index contributed by atoms with van der Waals surface area (Å²) in [6, 6.07) is 6.31. The molecule has 1 amide bonds. The van der Waals surface area contributed by atoms with Crippen LogP contribution in [0.1, 0.15) is 37.6 Å². The van der Waals surface area contributed by atoms with Crippen molar-refractivity contribution >= 4 is 23.3 Å². The first-order valence-corrected chi connectivity index (χ1v) is 5.99. The van der Waals surface area contributed by atoms with Crippen molar-refractivity contribution in [3.8, 4) is 0 Å². The van der Waals surface area contributed by atoms with Crippen LogP contribution in [0.5, 0.6) is 0 Å². The van der Waals surface area contributed by atoms with Gasteiger partial charge in [0, 0.05) is 5.69 Å². The predicted octanol–water partition coefficient (Wildman–Crippen LogP) is 2.17. The van der Waals surface area contributed by atoms with E-state index >= 15 is 0 Å². The number of nitrogens with one attached hydrogen (secondary N) is 1. The maximum absolute atomic E-state index is 11.6. The highest BCUT2D eigenvalue weighted by Gasteiger charge is 2.10. The van der Waals surface area contributed by atoms with Crippen molar-refractivity contribution in [3.05, 3.63) is 29.8 Å². The van der Waals surface area contributed by atoms with E-state index in [0.29, 0.717) is 11.3 Å². The summed E-state index contributed by atoms with van der Waals surface area (Å²) in [6.45, 7) is 4.90. The summed E-state index contributed by atoms with van der Waals surface area (Å²) in [4.78, 5) is 33.7. The topological polar surface area (TPSA) is 72.5 Å². The molecule has 0 radical (unpaired) electrons. The molecule has 0 unspecified atom stereocenters. The van der Waals surface area contributed by atoms with E-state index in [0.717, 1.165) is 0 Å². The lowest BCUT2D eigenvalue weighted by atomic mass is 10.2. The first-order valence-electron chi connectivity index (χ1n) is 5.99. The van der Waals surface area contributed by atoms with Crippen LogP contribution in [0, 0.1) is 0 Å². The van der Waals surface area contributed by atoms with E-state index in [-0.39, 0.29) is 24.2 Å². The number of carbonyl (C=O) groups excluding carboxylic acids is 3. The first kappa shape index (κ1) is 14.9. The Balaban J connectivity index is 2.63. The molecule has 0 bridgehead atoms. The maximum atomic E-state index is 11.6. The molecule has 0 aliphatic heterocycles. The van der Waals surface area contributed by atoms with Gasteiger partial charge in [-0.15, -0.1) is 0 Å². The van der Waals surface area contributed by atoms with Crippen LogP contribution in [-0.2, 0) is 14.3 Å². The van der Waals surface area contributed by atoms with Crippen LogP contribution in [0.25, 0.3) is 0 Å². The van der Waals surface area contributed by atoms with E-state index in [1.165, 1.54) is 6.92 Å². The summed E-state index contributed by atoms with van der Waals surface area (Å²) in [5, 5.41) is 2.57. The van der Waals surface area contributed by atoms with Crippen LogP contribution in [0.4, 0.5) is 5.69 Å². The molecule has 1 rings (SSSR count). The van der Waals surface area contributed by atoms with Gasteiger partial charge in [0.15, 0.2) is 0 Å². The van der Waals surface area contributed by atoms with Gasteiger partial charge in [0.25, 0.3) is 0 Å². The lowest BCUT2D eigenvalue weighted by Crippen LogP contribution is -2.15. The molecule has 1 aromatic rings. The molecule has 0 atom stereocenters. The minimum atomic E-state index is -0.406. The Morgan fingerprint density at radius 3 is 2.21 bits per heavy atom. The van der Waals surface area contributed by atoms with Gasteiger partial charge >= 0.3 is 5.97 Å². The third-order valence-corrected chi connectivity index (χ3v) is 2.16. The Morgan fingerprint density at radius 1 is 1.16 bits per heavy atom. The molecule has 5 heteroatoms. The lowest BCUT2D eigenvalue weighted by Gasteiger charge is -2.08. The van der Waals surface area contributed by atoms with Crippen molar-refractivity contribution in [2.75, 3.05) is 5.32 Å². The van der Waals surface area contributed by atoms with E-state index in [1.807, 2.05) is 0 Å². The van der Waals surface area contributed by atoms with E-state index in [2.05, 4.69) is 5.32 Å². The number of ether oxygens (including phenoxy) is 1. The Morgan fingerprint density at radius 2 is 1.74 bits per heavy atom. The number of benzene rings is 1. The highest BCUT2D eigenvalue weighted by Crippen LogP contribution is 2.11. The molecule has 0 saturated heterocycles. The fraction of sp³-hybridized carbons (Fsp3) is 0.357. The number of anilines is 1. The van der Waals surface area contributed by atoms with Crippen LogP contribution < -0.4 is 5.32 Å². The van der Waals surface area contributed by atoms with Gasteiger partial charge in [0.1, 0.15) is 5.78 Å². The maximum Gasteiger partial charge on any atom is 0.338 e. The van der Waals surface area contributed by atoms with Crippen molar-refractivity contribution in [3.63, 3.8) is 0 Å². The van der Waals surface area contributed by atoms with Crippen molar-refractivity contribution in [1.29, 1.82) is 0 Å². The Kier molecular flexibility index (Phi) is 5.23. The molecule has 0 spiro atoms. The Labute approximate surface area is 111 Å². The van der Waals surface area contributed by atoms with Gasteiger partial charge in [-0.1, -0.05) is 0 Å². The fourth-order valence-corrected chi connectivity index (χ4v) is 1.40. The average molecular weight is 263 g/mol. The van der Waals surface area contributed by atoms with Crippen LogP contribution in [-0.4, -0.2) is 23.8 Å². The molecule has 1 aromatic carbocycles. The van der Waals surface area contributed by atoms with Crippen LogP contribution in [0.15, 0.2) is 24.3 Å². The molecule has 0 heterocycles. The molecule has 0 aliphatic carbocycles. The van der Waals surface area contributed by atoms with E-state index in [9.17, 15) is 14.4 Å². The normalized spacial score (nSPS) is 10.1. The smallest absolute Gasteiger partial charge is 0.338 e. The van der Waals surface area contributed by atoms with Crippen molar-refractivity contribution < 1.29 is 19.1 Å². The number of hydrogen-bond donors (Lipinski definition) is 1. The van der Waals surface area contributed by atoms with Crippen molar-refractivity contribution in [1.82, 2.24) is 0 Å². The van der Waals surface area contributed by atoms with Gasteiger partial charge in [0.05, 0.1) is 18.1 Å². The second-order valence-electron chi connectivity index (χ2n) is 4.46. The Hall–Kier alpha value is -2.17. The summed E-state index contributed by atoms with van der Waals surface area (Å²) in [6.07, 6.45) is -0.334. The highest BCUT2D eigenvalue weighted by atomic mass is 16.5. The molecule has 19 heavy (non-hydrogen) atoms. The molecular weight excluding hydrogens is 246 g/mol. The van der Waals surface area contributed by atoms with Crippen LogP contribution in [0.2, 0.25) is 0 Å². The van der Waals surface area contributed by atoms with Crippen molar-refractivity contribution in [2.45, 2.75) is 33.3 Å². The zero-order valence-corrected chi connectivity index (χ0v) is 11.2. The Bertz CT molecular complexity index is 477. The largest absolute Gasteiger partial charge is 0.459 e. The second kappa shape index (κ2) is 6.68. The number of hydrogen-bond acceptors (Lipinski definition) is 4. The first-order chi connectivity index (χ1) is 8.88. The molecular formula is C14H17NO4. The number of carbonyl (C=O) groups is 3. The molecule has 0 fully saturated rings. The van der Waals surface area contributed by atoms with E-state index in [4.69, 9.17) is 4.74 Å². The average Bonchev–Trinajstić information content (AvgIpc) is 2.27. The minimum Gasteiger partial charge on any atom is -0.459 e. The van der Waals surface area contributed by atoms with Crippen molar-refractivity contribution in [2.24, 2.45) is 0 Å². The molecule has 102 valence electrons. The predicted molar refractivity (Wildman–Crippen MR) is 70.9 cm³/mol. The third kappa shape index (κ3) is 5.33. The van der Waals surface area contributed by atoms with Gasteiger partial charge in [0.2, 0.25) is 5.91 Å². The fourth-order valence-electron chi connectivity index (χ4n) is 1.40. The quantitative estimate of drug-likeness (QED) is 0.652. The zero-order valence-electron chi connectivity index (χ0n) is 11.2. The SMILES string of the molecule is CC(=O)CC(=O)Nc1ccc(C(=O)OC(C)C)cc1. The number of amides is 1. The van der Waals surface area contributed by atoms with Crippen LogP contribution in [0.3, 0.4) is 0 Å². The molecule has 0 aromatic heterocycles. The molecule has 0 aliphatic rings. The lowest BCUT2D eigenvalue weighted by molar-refractivity contribution is -0.124. The summed E-state index contributed by atoms with van der Waals surface area (Å²) >= 11 is 0. The van der Waals surface area contributed by atoms with E-state index in [1.54, 1.807) is 38.1 Å². The summed E-state index contributed by atoms with van der Waals surface area (Å²) < 4.78 is 5.04. The second-order valence-corrected chi connectivity index (χ2v) is 4.46. The minimum absolute atomic E-state index is 0.156. The van der Waals surface area contributed by atoms with Gasteiger partial charge in [-0.3, -0.25) is 9.59 Å². The summed E-state index contributed by atoms with van der Waals surface area (Å²) in [5.74, 6) is -0.976. The van der Waals surface area contributed by atoms with Gasteiger partial charge in [-0.2, -0.15) is 0 Å². The monoisotopic (exact) mass is 263 g/mol. The molecule has 5 nitrogen and oxygen atoms in total. The number of rotatable bonds is 5. The van der Waals surface area contributed by atoms with Crippen LogP contribution >= 0.6 is 0 Å². The summed E-state index contributed by atoms with van der Waals surface area (Å²) in [5.41, 5.74) is 0.950. The van der Waals surface area contributed by atoms with E-state index < -0.39 is 5.97 Å². The number of ketones is 1.